The molecule has 0 spiro atoms. The summed E-state index contributed by atoms with van der Waals surface area (Å²) in [5, 5.41) is 7.34. The Hall–Kier alpha value is -2.69. The number of hydrogen-bond donors (Lipinski definition) is 2. The normalized spacial score (nSPS) is 11.3. The Morgan fingerprint density at radius 2 is 2.00 bits per heavy atom. The number of carbonyl (C=O) groups is 2. The molecule has 8 nitrogen and oxygen atoms in total. The SMILES string of the molecule is CC(=O)NCc1ccc(-c2csc(NC(=O)c3ccc(Cl)c(S(C)(=O)=O)c3)n2)o1. The zero-order valence-corrected chi connectivity index (χ0v) is 17.7. The van der Waals surface area contributed by atoms with Crippen molar-refractivity contribution in [1.29, 1.82) is 0 Å². The minimum Gasteiger partial charge on any atom is -0.458 e. The van der Waals surface area contributed by atoms with Crippen LogP contribution in [0.3, 0.4) is 0 Å². The van der Waals surface area contributed by atoms with Crippen molar-refractivity contribution < 1.29 is 22.4 Å². The third kappa shape index (κ3) is 5.22. The molecule has 2 amide bonds. The van der Waals surface area contributed by atoms with E-state index in [2.05, 4.69) is 15.6 Å². The van der Waals surface area contributed by atoms with Crippen LogP contribution in [0.5, 0.6) is 0 Å². The van der Waals surface area contributed by atoms with Gasteiger partial charge in [-0.05, 0) is 30.3 Å². The zero-order chi connectivity index (χ0) is 21.2. The summed E-state index contributed by atoms with van der Waals surface area (Å²) in [5.74, 6) is 0.386. The molecule has 0 atom stereocenters. The van der Waals surface area contributed by atoms with Crippen molar-refractivity contribution in [2.45, 2.75) is 18.4 Å². The Kier molecular flexibility index (Phi) is 6.06. The van der Waals surface area contributed by atoms with Gasteiger partial charge in [0, 0.05) is 24.1 Å². The van der Waals surface area contributed by atoms with Crippen molar-refractivity contribution in [3.05, 3.63) is 52.1 Å². The highest BCUT2D eigenvalue weighted by Crippen LogP contribution is 2.28. The van der Waals surface area contributed by atoms with E-state index >= 15 is 0 Å². The lowest BCUT2D eigenvalue weighted by atomic mass is 10.2. The molecule has 0 aliphatic carbocycles. The molecular formula is C18H16ClN3O5S2. The Morgan fingerprint density at radius 1 is 1.24 bits per heavy atom. The van der Waals surface area contributed by atoms with Crippen LogP contribution in [-0.4, -0.2) is 31.5 Å². The van der Waals surface area contributed by atoms with E-state index in [1.54, 1.807) is 17.5 Å². The van der Waals surface area contributed by atoms with Gasteiger partial charge in [0.25, 0.3) is 5.91 Å². The lowest BCUT2D eigenvalue weighted by Gasteiger charge is -2.06. The van der Waals surface area contributed by atoms with Crippen LogP contribution in [0, 0.1) is 0 Å². The van der Waals surface area contributed by atoms with E-state index in [0.29, 0.717) is 22.3 Å². The minimum absolute atomic E-state index is 0.0495. The van der Waals surface area contributed by atoms with E-state index in [1.165, 1.54) is 36.5 Å². The van der Waals surface area contributed by atoms with Crippen LogP contribution in [-0.2, 0) is 21.2 Å². The number of nitrogens with one attached hydrogen (secondary N) is 2. The largest absolute Gasteiger partial charge is 0.458 e. The molecule has 0 fully saturated rings. The van der Waals surface area contributed by atoms with Gasteiger partial charge >= 0.3 is 0 Å². The van der Waals surface area contributed by atoms with Crippen LogP contribution in [0.4, 0.5) is 5.13 Å². The quantitative estimate of drug-likeness (QED) is 0.590. The minimum atomic E-state index is -3.57. The van der Waals surface area contributed by atoms with Gasteiger partial charge in [0.2, 0.25) is 5.91 Å². The first-order valence-corrected chi connectivity index (χ1v) is 11.4. The predicted molar refractivity (Wildman–Crippen MR) is 110 cm³/mol. The van der Waals surface area contributed by atoms with Crippen molar-refractivity contribution >= 4 is 49.7 Å². The number of nitrogens with zero attached hydrogens (tertiary/aromatic N) is 1. The lowest BCUT2D eigenvalue weighted by molar-refractivity contribution is -0.119. The highest BCUT2D eigenvalue weighted by Gasteiger charge is 2.17. The van der Waals surface area contributed by atoms with E-state index in [9.17, 15) is 18.0 Å². The fourth-order valence-electron chi connectivity index (χ4n) is 2.36. The number of amides is 2. The third-order valence-electron chi connectivity index (χ3n) is 3.74. The van der Waals surface area contributed by atoms with Gasteiger partial charge in [-0.3, -0.25) is 14.9 Å². The molecule has 1 aromatic carbocycles. The maximum absolute atomic E-state index is 12.5. The molecule has 0 aliphatic rings. The summed E-state index contributed by atoms with van der Waals surface area (Å²) in [4.78, 5) is 27.6. The molecule has 0 radical (unpaired) electrons. The summed E-state index contributed by atoms with van der Waals surface area (Å²) in [6.45, 7) is 1.68. The van der Waals surface area contributed by atoms with Gasteiger partial charge in [0.15, 0.2) is 20.7 Å². The van der Waals surface area contributed by atoms with Crippen LogP contribution in [0.15, 0.2) is 45.0 Å². The molecule has 2 aromatic heterocycles. The van der Waals surface area contributed by atoms with Gasteiger partial charge in [-0.2, -0.15) is 0 Å². The van der Waals surface area contributed by atoms with Crippen molar-refractivity contribution in [2.75, 3.05) is 11.6 Å². The number of anilines is 1. The van der Waals surface area contributed by atoms with E-state index in [0.717, 1.165) is 6.26 Å². The molecule has 0 aliphatic heterocycles. The van der Waals surface area contributed by atoms with E-state index in [1.807, 2.05) is 0 Å². The van der Waals surface area contributed by atoms with Gasteiger partial charge in [-0.15, -0.1) is 11.3 Å². The topological polar surface area (TPSA) is 118 Å². The first-order chi connectivity index (χ1) is 13.6. The monoisotopic (exact) mass is 453 g/mol. The molecule has 0 saturated heterocycles. The standard InChI is InChI=1S/C18H16ClN3O5S2/c1-10(23)20-8-12-4-6-15(27-12)14-9-28-18(21-14)22-17(24)11-3-5-13(19)16(7-11)29(2,25)26/h3-7,9H,8H2,1-2H3,(H,20,23)(H,21,22,24). The van der Waals surface area contributed by atoms with Gasteiger partial charge < -0.3 is 9.73 Å². The molecule has 3 aromatic rings. The highest BCUT2D eigenvalue weighted by atomic mass is 35.5. The van der Waals surface area contributed by atoms with Gasteiger partial charge in [-0.1, -0.05) is 11.6 Å². The van der Waals surface area contributed by atoms with E-state index in [-0.39, 0.29) is 27.9 Å². The molecule has 152 valence electrons. The summed E-state index contributed by atoms with van der Waals surface area (Å²) >= 11 is 7.09. The Bertz CT molecular complexity index is 1180. The van der Waals surface area contributed by atoms with Gasteiger partial charge in [0.05, 0.1) is 16.5 Å². The number of halogens is 1. The highest BCUT2D eigenvalue weighted by molar-refractivity contribution is 7.90. The number of hydrogen-bond acceptors (Lipinski definition) is 7. The summed E-state index contributed by atoms with van der Waals surface area (Å²) in [6, 6.07) is 7.46. The van der Waals surface area contributed by atoms with E-state index < -0.39 is 15.7 Å². The Balaban J connectivity index is 1.74. The van der Waals surface area contributed by atoms with Gasteiger partial charge in [-0.25, -0.2) is 13.4 Å². The maximum Gasteiger partial charge on any atom is 0.257 e. The van der Waals surface area contributed by atoms with Crippen molar-refractivity contribution in [2.24, 2.45) is 0 Å². The fourth-order valence-corrected chi connectivity index (χ4v) is 4.36. The molecular weight excluding hydrogens is 438 g/mol. The third-order valence-corrected chi connectivity index (χ3v) is 6.08. The van der Waals surface area contributed by atoms with Crippen LogP contribution in [0.25, 0.3) is 11.5 Å². The number of rotatable bonds is 6. The summed E-state index contributed by atoms with van der Waals surface area (Å²) in [6.07, 6.45) is 1.02. The molecule has 11 heteroatoms. The molecule has 2 heterocycles. The molecule has 0 saturated carbocycles. The molecule has 29 heavy (non-hydrogen) atoms. The number of furan rings is 1. The molecule has 0 bridgehead atoms. The average molecular weight is 454 g/mol. The second-order valence-corrected chi connectivity index (χ2v) is 9.33. The second kappa shape index (κ2) is 8.36. The van der Waals surface area contributed by atoms with Crippen molar-refractivity contribution in [3.8, 4) is 11.5 Å². The number of thiazole rings is 1. The average Bonchev–Trinajstić information content (AvgIpc) is 3.28. The van der Waals surface area contributed by atoms with Crippen molar-refractivity contribution in [3.63, 3.8) is 0 Å². The molecule has 3 rings (SSSR count). The Labute approximate surface area is 175 Å². The smallest absolute Gasteiger partial charge is 0.257 e. The van der Waals surface area contributed by atoms with Gasteiger partial charge in [0.1, 0.15) is 11.5 Å². The van der Waals surface area contributed by atoms with Crippen LogP contribution in [0.2, 0.25) is 5.02 Å². The number of carbonyl (C=O) groups excluding carboxylic acids is 2. The maximum atomic E-state index is 12.5. The second-order valence-electron chi connectivity index (χ2n) is 6.09. The van der Waals surface area contributed by atoms with Crippen LogP contribution in [0.1, 0.15) is 23.0 Å². The fraction of sp³-hybridized carbons (Fsp3) is 0.167. The van der Waals surface area contributed by atoms with E-state index in [4.69, 9.17) is 16.0 Å². The molecule has 0 unspecified atom stereocenters. The zero-order valence-electron chi connectivity index (χ0n) is 15.4. The first kappa shape index (κ1) is 21.0. The number of aromatic nitrogens is 1. The number of benzene rings is 1. The van der Waals surface area contributed by atoms with Crippen LogP contribution >= 0.6 is 22.9 Å². The molecule has 2 N–H and O–H groups in total. The summed E-state index contributed by atoms with van der Waals surface area (Å²) < 4.78 is 29.2. The van der Waals surface area contributed by atoms with Crippen molar-refractivity contribution in [1.82, 2.24) is 10.3 Å². The summed E-state index contributed by atoms with van der Waals surface area (Å²) in [5.41, 5.74) is 0.662. The first-order valence-electron chi connectivity index (χ1n) is 8.23. The summed E-state index contributed by atoms with van der Waals surface area (Å²) in [7, 11) is -3.57. The van der Waals surface area contributed by atoms with Crippen LogP contribution < -0.4 is 10.6 Å². The Morgan fingerprint density at radius 3 is 2.69 bits per heavy atom. The lowest BCUT2D eigenvalue weighted by Crippen LogP contribution is -2.18. The number of sulfone groups is 1. The predicted octanol–water partition coefficient (Wildman–Crippen LogP) is 3.35.